The first-order valence-electron chi connectivity index (χ1n) is 6.99. The molecule has 0 aromatic heterocycles. The highest BCUT2D eigenvalue weighted by atomic mass is 16.4. The smallest absolute Gasteiger partial charge is 0.322 e. The Morgan fingerprint density at radius 2 is 1.73 bits per heavy atom. The third-order valence-corrected chi connectivity index (χ3v) is 2.74. The highest BCUT2D eigenvalue weighted by Crippen LogP contribution is 2.03. The monoisotopic (exact) mass is 307 g/mol. The SMILES string of the molecule is CC(C)NC(=O)N[C@@H](Cc1ccccc1)C(=O)NCC(=O)O. The number of aliphatic carboxylic acids is 1. The molecule has 0 heterocycles. The van der Waals surface area contributed by atoms with E-state index in [0.29, 0.717) is 0 Å². The highest BCUT2D eigenvalue weighted by molar-refractivity contribution is 5.89. The summed E-state index contributed by atoms with van der Waals surface area (Å²) in [7, 11) is 0. The fourth-order valence-corrected chi connectivity index (χ4v) is 1.81. The summed E-state index contributed by atoms with van der Waals surface area (Å²) in [5.41, 5.74) is 0.864. The van der Waals surface area contributed by atoms with Crippen molar-refractivity contribution in [2.24, 2.45) is 0 Å². The molecular formula is C15H21N3O4. The molecule has 0 radical (unpaired) electrons. The van der Waals surface area contributed by atoms with Crippen LogP contribution in [0.5, 0.6) is 0 Å². The summed E-state index contributed by atoms with van der Waals surface area (Å²) >= 11 is 0. The summed E-state index contributed by atoms with van der Waals surface area (Å²) in [5.74, 6) is -1.68. The Hall–Kier alpha value is -2.57. The average Bonchev–Trinajstić information content (AvgIpc) is 2.44. The van der Waals surface area contributed by atoms with Crippen molar-refractivity contribution in [1.29, 1.82) is 0 Å². The summed E-state index contributed by atoms with van der Waals surface area (Å²) in [6.45, 7) is 3.12. The maximum absolute atomic E-state index is 12.1. The van der Waals surface area contributed by atoms with Gasteiger partial charge in [0.25, 0.3) is 0 Å². The Kier molecular flexibility index (Phi) is 6.88. The van der Waals surface area contributed by atoms with E-state index in [1.54, 1.807) is 13.8 Å². The van der Waals surface area contributed by atoms with Crippen molar-refractivity contribution >= 4 is 17.9 Å². The molecule has 1 aromatic carbocycles. The van der Waals surface area contributed by atoms with Crippen molar-refractivity contribution in [3.63, 3.8) is 0 Å². The summed E-state index contributed by atoms with van der Waals surface area (Å²) in [6.07, 6.45) is 0.276. The third kappa shape index (κ3) is 6.74. The van der Waals surface area contributed by atoms with E-state index in [-0.39, 0.29) is 12.5 Å². The molecule has 0 saturated heterocycles. The topological polar surface area (TPSA) is 108 Å². The second-order valence-corrected chi connectivity index (χ2v) is 5.13. The van der Waals surface area contributed by atoms with E-state index >= 15 is 0 Å². The Balaban J connectivity index is 2.73. The first-order valence-corrected chi connectivity index (χ1v) is 6.99. The molecule has 3 amide bonds. The number of carbonyl (C=O) groups excluding carboxylic acids is 2. The van der Waals surface area contributed by atoms with Gasteiger partial charge in [-0.3, -0.25) is 9.59 Å². The summed E-state index contributed by atoms with van der Waals surface area (Å²) in [6, 6.07) is 7.79. The molecule has 0 aliphatic rings. The number of benzene rings is 1. The average molecular weight is 307 g/mol. The van der Waals surface area contributed by atoms with Crippen LogP contribution in [0.1, 0.15) is 19.4 Å². The third-order valence-electron chi connectivity index (χ3n) is 2.74. The minimum Gasteiger partial charge on any atom is -0.480 e. The van der Waals surface area contributed by atoms with Crippen molar-refractivity contribution in [2.75, 3.05) is 6.54 Å². The van der Waals surface area contributed by atoms with Crippen LogP contribution < -0.4 is 16.0 Å². The normalized spacial score (nSPS) is 11.6. The van der Waals surface area contributed by atoms with Crippen molar-refractivity contribution in [2.45, 2.75) is 32.4 Å². The molecule has 120 valence electrons. The van der Waals surface area contributed by atoms with Gasteiger partial charge >= 0.3 is 12.0 Å². The van der Waals surface area contributed by atoms with Crippen molar-refractivity contribution in [3.05, 3.63) is 35.9 Å². The lowest BCUT2D eigenvalue weighted by Gasteiger charge is -2.19. The first-order chi connectivity index (χ1) is 10.4. The molecule has 1 aromatic rings. The van der Waals surface area contributed by atoms with Gasteiger partial charge in [-0.25, -0.2) is 4.79 Å². The predicted molar refractivity (Wildman–Crippen MR) is 81.4 cm³/mol. The lowest BCUT2D eigenvalue weighted by molar-refractivity contribution is -0.138. The molecule has 0 unspecified atom stereocenters. The van der Waals surface area contributed by atoms with Crippen LogP contribution in [0.3, 0.4) is 0 Å². The van der Waals surface area contributed by atoms with Crippen molar-refractivity contribution in [3.8, 4) is 0 Å². The van der Waals surface area contributed by atoms with Crippen LogP contribution in [0.25, 0.3) is 0 Å². The van der Waals surface area contributed by atoms with Crippen LogP contribution in [-0.2, 0) is 16.0 Å². The van der Waals surface area contributed by atoms with Gasteiger partial charge in [-0.15, -0.1) is 0 Å². The fourth-order valence-electron chi connectivity index (χ4n) is 1.81. The molecule has 7 heteroatoms. The minimum atomic E-state index is -1.14. The van der Waals surface area contributed by atoms with Gasteiger partial charge in [-0.1, -0.05) is 30.3 Å². The van der Waals surface area contributed by atoms with E-state index in [1.807, 2.05) is 30.3 Å². The standard InChI is InChI=1S/C15H21N3O4/c1-10(2)17-15(22)18-12(14(21)16-9-13(19)20)8-11-6-4-3-5-7-11/h3-7,10,12H,8-9H2,1-2H3,(H,16,21)(H,19,20)(H2,17,18,22)/t12-/m0/s1. The molecular weight excluding hydrogens is 286 g/mol. The molecule has 0 aliphatic carbocycles. The quantitative estimate of drug-likeness (QED) is 0.588. The zero-order valence-electron chi connectivity index (χ0n) is 12.6. The lowest BCUT2D eigenvalue weighted by atomic mass is 10.1. The van der Waals surface area contributed by atoms with Crippen LogP contribution in [0.15, 0.2) is 30.3 Å². The van der Waals surface area contributed by atoms with Crippen LogP contribution in [0.2, 0.25) is 0 Å². The van der Waals surface area contributed by atoms with Crippen molar-refractivity contribution in [1.82, 2.24) is 16.0 Å². The highest BCUT2D eigenvalue weighted by Gasteiger charge is 2.21. The number of amides is 3. The van der Waals surface area contributed by atoms with E-state index in [4.69, 9.17) is 5.11 Å². The van der Waals surface area contributed by atoms with E-state index < -0.39 is 30.5 Å². The number of rotatable bonds is 7. The predicted octanol–water partition coefficient (Wildman–Crippen LogP) is 0.506. The lowest BCUT2D eigenvalue weighted by Crippen LogP contribution is -2.52. The summed E-state index contributed by atoms with van der Waals surface area (Å²) < 4.78 is 0. The summed E-state index contributed by atoms with van der Waals surface area (Å²) in [4.78, 5) is 34.4. The van der Waals surface area contributed by atoms with Gasteiger partial charge in [-0.2, -0.15) is 0 Å². The Bertz CT molecular complexity index is 517. The van der Waals surface area contributed by atoms with Gasteiger partial charge in [0.1, 0.15) is 12.6 Å². The van der Waals surface area contributed by atoms with Crippen LogP contribution in [-0.4, -0.2) is 41.6 Å². The maximum Gasteiger partial charge on any atom is 0.322 e. The van der Waals surface area contributed by atoms with Gasteiger partial charge in [-0.05, 0) is 19.4 Å². The number of carboxylic acids is 1. The Labute approximate surface area is 129 Å². The minimum absolute atomic E-state index is 0.0699. The largest absolute Gasteiger partial charge is 0.480 e. The second kappa shape index (κ2) is 8.66. The molecule has 1 rings (SSSR count). The molecule has 0 aliphatic heterocycles. The van der Waals surface area contributed by atoms with Gasteiger partial charge in [0.2, 0.25) is 5.91 Å². The fraction of sp³-hybridized carbons (Fsp3) is 0.400. The van der Waals surface area contributed by atoms with Crippen LogP contribution in [0.4, 0.5) is 4.79 Å². The van der Waals surface area contributed by atoms with Gasteiger partial charge in [0.05, 0.1) is 0 Å². The molecule has 0 spiro atoms. The second-order valence-electron chi connectivity index (χ2n) is 5.13. The maximum atomic E-state index is 12.1. The number of nitrogens with one attached hydrogen (secondary N) is 3. The number of hydrogen-bond donors (Lipinski definition) is 4. The molecule has 7 nitrogen and oxygen atoms in total. The first kappa shape index (κ1) is 17.5. The van der Waals surface area contributed by atoms with Crippen LogP contribution in [0, 0.1) is 0 Å². The zero-order valence-corrected chi connectivity index (χ0v) is 12.6. The van der Waals surface area contributed by atoms with E-state index in [1.165, 1.54) is 0 Å². The van der Waals surface area contributed by atoms with Crippen LogP contribution >= 0.6 is 0 Å². The number of carboxylic acid groups (broad SMARTS) is 1. The Morgan fingerprint density at radius 1 is 1.09 bits per heavy atom. The number of hydrogen-bond acceptors (Lipinski definition) is 3. The summed E-state index contributed by atoms with van der Waals surface area (Å²) in [5, 5.41) is 16.1. The molecule has 1 atom stereocenters. The van der Waals surface area contributed by atoms with Crippen molar-refractivity contribution < 1.29 is 19.5 Å². The number of urea groups is 1. The van der Waals surface area contributed by atoms with Gasteiger partial charge in [0.15, 0.2) is 0 Å². The van der Waals surface area contributed by atoms with E-state index in [2.05, 4.69) is 16.0 Å². The molecule has 0 saturated carbocycles. The molecule has 4 N–H and O–H groups in total. The van der Waals surface area contributed by atoms with Gasteiger partial charge in [0, 0.05) is 12.5 Å². The van der Waals surface area contributed by atoms with E-state index in [0.717, 1.165) is 5.56 Å². The van der Waals surface area contributed by atoms with Gasteiger partial charge < -0.3 is 21.1 Å². The van der Waals surface area contributed by atoms with E-state index in [9.17, 15) is 14.4 Å². The molecule has 0 bridgehead atoms. The zero-order chi connectivity index (χ0) is 16.5. The number of carbonyl (C=O) groups is 3. The molecule has 22 heavy (non-hydrogen) atoms. The molecule has 0 fully saturated rings. The Morgan fingerprint density at radius 3 is 2.27 bits per heavy atom.